The van der Waals surface area contributed by atoms with Crippen LogP contribution in [0.3, 0.4) is 0 Å². The number of methoxy groups -OCH3 is 1. The number of aryl methyl sites for hydroxylation is 1. The van der Waals surface area contributed by atoms with Gasteiger partial charge in [0.25, 0.3) is 5.91 Å². The van der Waals surface area contributed by atoms with Gasteiger partial charge in [0.05, 0.1) is 18.0 Å². The molecule has 1 N–H and O–H groups in total. The first kappa shape index (κ1) is 16.7. The van der Waals surface area contributed by atoms with E-state index in [1.54, 1.807) is 13.2 Å². The first-order valence-electron chi connectivity index (χ1n) is 7.98. The number of carbonyl (C=O) groups excluding carboxylic acids is 1. The van der Waals surface area contributed by atoms with Crippen molar-refractivity contribution in [2.24, 2.45) is 5.92 Å². The van der Waals surface area contributed by atoms with Crippen molar-refractivity contribution in [1.82, 2.24) is 4.98 Å². The third kappa shape index (κ3) is 3.58. The van der Waals surface area contributed by atoms with E-state index in [0.717, 1.165) is 31.4 Å². The molecule has 0 aliphatic heterocycles. The molecule has 5 heteroatoms. The molecule has 1 aromatic heterocycles. The zero-order valence-corrected chi connectivity index (χ0v) is 13.9. The van der Waals surface area contributed by atoms with Crippen molar-refractivity contribution in [3.05, 3.63) is 17.8 Å². The maximum atomic E-state index is 12.7. The Bertz CT molecular complexity index is 523. The molecule has 5 nitrogen and oxygen atoms in total. The van der Waals surface area contributed by atoms with Gasteiger partial charge in [-0.2, -0.15) is 0 Å². The molecular formula is C17H26N2O3. The van der Waals surface area contributed by atoms with E-state index < -0.39 is 5.60 Å². The van der Waals surface area contributed by atoms with Gasteiger partial charge in [-0.3, -0.25) is 4.79 Å². The van der Waals surface area contributed by atoms with Gasteiger partial charge < -0.3 is 14.8 Å². The Balaban J connectivity index is 2.10. The molecule has 0 spiro atoms. The largest absolute Gasteiger partial charge is 0.478 e. The molecule has 2 rings (SSSR count). The van der Waals surface area contributed by atoms with Crippen LogP contribution in [0.1, 0.15) is 45.2 Å². The first-order valence-corrected chi connectivity index (χ1v) is 7.98. The van der Waals surface area contributed by atoms with Crippen LogP contribution < -0.4 is 10.1 Å². The van der Waals surface area contributed by atoms with Gasteiger partial charge in [-0.1, -0.05) is 6.92 Å². The number of ether oxygens (including phenoxy) is 2. The Morgan fingerprint density at radius 2 is 2.09 bits per heavy atom. The van der Waals surface area contributed by atoms with Crippen LogP contribution in [-0.2, 0) is 9.53 Å². The maximum absolute atomic E-state index is 12.7. The van der Waals surface area contributed by atoms with Crippen LogP contribution in [0.4, 0.5) is 5.69 Å². The Morgan fingerprint density at radius 1 is 1.41 bits per heavy atom. The van der Waals surface area contributed by atoms with Crippen molar-refractivity contribution in [2.45, 2.75) is 52.1 Å². The van der Waals surface area contributed by atoms with Gasteiger partial charge in [-0.25, -0.2) is 4.98 Å². The zero-order chi connectivity index (χ0) is 16.2. The fourth-order valence-corrected chi connectivity index (χ4v) is 2.89. The molecule has 0 unspecified atom stereocenters. The third-order valence-corrected chi connectivity index (χ3v) is 4.49. The summed E-state index contributed by atoms with van der Waals surface area (Å²) in [5.41, 5.74) is 0.746. The molecule has 1 fully saturated rings. The lowest BCUT2D eigenvalue weighted by Gasteiger charge is -2.36. The molecule has 1 aliphatic rings. The second-order valence-corrected chi connectivity index (χ2v) is 6.05. The van der Waals surface area contributed by atoms with E-state index in [4.69, 9.17) is 9.47 Å². The molecule has 0 radical (unpaired) electrons. The molecule has 122 valence electrons. The minimum absolute atomic E-state index is 0.0732. The van der Waals surface area contributed by atoms with Crippen molar-refractivity contribution < 1.29 is 14.3 Å². The molecule has 1 saturated carbocycles. The lowest BCUT2D eigenvalue weighted by Crippen LogP contribution is -2.47. The third-order valence-electron chi connectivity index (χ3n) is 4.49. The molecule has 0 saturated heterocycles. The van der Waals surface area contributed by atoms with E-state index in [-0.39, 0.29) is 5.91 Å². The number of carbonyl (C=O) groups is 1. The van der Waals surface area contributed by atoms with Crippen LogP contribution in [-0.4, -0.2) is 30.2 Å². The smallest absolute Gasteiger partial charge is 0.256 e. The highest BCUT2D eigenvalue weighted by atomic mass is 16.5. The van der Waals surface area contributed by atoms with Gasteiger partial charge in [-0.15, -0.1) is 0 Å². The number of pyridine rings is 1. The summed E-state index contributed by atoms with van der Waals surface area (Å²) in [6.45, 7) is 6.57. The number of nitrogens with zero attached hydrogens (tertiary/aromatic N) is 1. The van der Waals surface area contributed by atoms with Crippen LogP contribution in [0.5, 0.6) is 5.88 Å². The number of hydrogen-bond acceptors (Lipinski definition) is 4. The van der Waals surface area contributed by atoms with E-state index in [1.165, 1.54) is 0 Å². The summed E-state index contributed by atoms with van der Waals surface area (Å²) in [6, 6.07) is 3.61. The van der Waals surface area contributed by atoms with Crippen LogP contribution in [0.15, 0.2) is 12.1 Å². The average Bonchev–Trinajstić information content (AvgIpc) is 2.51. The highest BCUT2D eigenvalue weighted by molar-refractivity contribution is 5.97. The van der Waals surface area contributed by atoms with Crippen molar-refractivity contribution in [3.63, 3.8) is 0 Å². The van der Waals surface area contributed by atoms with E-state index in [2.05, 4.69) is 17.2 Å². The van der Waals surface area contributed by atoms with Crippen LogP contribution in [0, 0.1) is 12.8 Å². The quantitative estimate of drug-likeness (QED) is 0.906. The van der Waals surface area contributed by atoms with Crippen LogP contribution in [0.2, 0.25) is 0 Å². The van der Waals surface area contributed by atoms with Crippen molar-refractivity contribution in [2.75, 3.05) is 19.0 Å². The van der Waals surface area contributed by atoms with Gasteiger partial charge in [-0.05, 0) is 51.5 Å². The topological polar surface area (TPSA) is 60.5 Å². The summed E-state index contributed by atoms with van der Waals surface area (Å²) in [5.74, 6) is 1.16. The minimum atomic E-state index is -0.711. The van der Waals surface area contributed by atoms with Crippen molar-refractivity contribution in [3.8, 4) is 5.88 Å². The zero-order valence-electron chi connectivity index (χ0n) is 13.9. The fraction of sp³-hybridized carbons (Fsp3) is 0.647. The predicted molar refractivity (Wildman–Crippen MR) is 86.1 cm³/mol. The Hall–Kier alpha value is -1.62. The lowest BCUT2D eigenvalue weighted by molar-refractivity contribution is -0.142. The molecule has 1 amide bonds. The lowest BCUT2D eigenvalue weighted by atomic mass is 9.79. The molecule has 0 bridgehead atoms. The summed E-state index contributed by atoms with van der Waals surface area (Å²) in [5, 5.41) is 2.97. The number of anilines is 1. The fourth-order valence-electron chi connectivity index (χ4n) is 2.89. The second-order valence-electron chi connectivity index (χ2n) is 6.05. The van der Waals surface area contributed by atoms with Gasteiger partial charge in [0, 0.05) is 13.2 Å². The van der Waals surface area contributed by atoms with E-state index >= 15 is 0 Å². The number of amides is 1. The summed E-state index contributed by atoms with van der Waals surface area (Å²) in [4.78, 5) is 17.0. The number of nitrogens with one attached hydrogen (secondary N) is 1. The normalized spacial score (nSPS) is 24.8. The van der Waals surface area contributed by atoms with Gasteiger partial charge in [0.1, 0.15) is 5.60 Å². The van der Waals surface area contributed by atoms with E-state index in [9.17, 15) is 4.79 Å². The monoisotopic (exact) mass is 306 g/mol. The number of rotatable bonds is 5. The summed E-state index contributed by atoms with van der Waals surface area (Å²) >= 11 is 0. The van der Waals surface area contributed by atoms with Gasteiger partial charge in [0.15, 0.2) is 0 Å². The highest BCUT2D eigenvalue weighted by Crippen LogP contribution is 2.35. The number of hydrogen-bond donors (Lipinski definition) is 1. The maximum Gasteiger partial charge on any atom is 0.256 e. The Morgan fingerprint density at radius 3 is 2.64 bits per heavy atom. The molecule has 0 atom stereocenters. The SMILES string of the molecule is CCOc1ccc(NC(=O)C2(OC)CCC(C)CC2)c(C)n1. The number of aromatic nitrogens is 1. The second kappa shape index (κ2) is 7.09. The highest BCUT2D eigenvalue weighted by Gasteiger charge is 2.41. The van der Waals surface area contributed by atoms with Gasteiger partial charge >= 0.3 is 0 Å². The van der Waals surface area contributed by atoms with E-state index in [0.29, 0.717) is 24.1 Å². The summed E-state index contributed by atoms with van der Waals surface area (Å²) in [6.07, 6.45) is 3.56. The van der Waals surface area contributed by atoms with Crippen molar-refractivity contribution in [1.29, 1.82) is 0 Å². The van der Waals surface area contributed by atoms with Crippen LogP contribution >= 0.6 is 0 Å². The predicted octanol–water partition coefficient (Wildman–Crippen LogP) is 3.32. The van der Waals surface area contributed by atoms with E-state index in [1.807, 2.05) is 19.9 Å². The van der Waals surface area contributed by atoms with Crippen LogP contribution in [0.25, 0.3) is 0 Å². The molecule has 1 aliphatic carbocycles. The molecular weight excluding hydrogens is 280 g/mol. The standard InChI is InChI=1S/C17H26N2O3/c1-5-22-15-7-6-14(13(3)18-15)19-16(20)17(21-4)10-8-12(2)9-11-17/h6-7,12H,5,8-11H2,1-4H3,(H,19,20). The molecule has 1 heterocycles. The van der Waals surface area contributed by atoms with Crippen molar-refractivity contribution >= 4 is 11.6 Å². The Kier molecular flexibility index (Phi) is 5.40. The molecule has 22 heavy (non-hydrogen) atoms. The Labute approximate surface area is 132 Å². The summed E-state index contributed by atoms with van der Waals surface area (Å²) < 4.78 is 11.0. The average molecular weight is 306 g/mol. The first-order chi connectivity index (χ1) is 10.5. The molecule has 0 aromatic carbocycles. The molecule has 1 aromatic rings. The summed E-state index contributed by atoms with van der Waals surface area (Å²) in [7, 11) is 1.62. The van der Waals surface area contributed by atoms with Gasteiger partial charge in [0.2, 0.25) is 5.88 Å². The minimum Gasteiger partial charge on any atom is -0.478 e.